The van der Waals surface area contributed by atoms with E-state index in [0.717, 1.165) is 0 Å². The second-order valence-electron chi connectivity index (χ2n) is 10.4. The fourth-order valence-corrected chi connectivity index (χ4v) is 9.23. The Balaban J connectivity index is 0.000000640. The maximum atomic E-state index is 3.27. The van der Waals surface area contributed by atoms with E-state index in [1.54, 1.807) is 0 Å². The Morgan fingerprint density at radius 3 is 1.71 bits per heavy atom. The van der Waals surface area contributed by atoms with Gasteiger partial charge in [-0.15, -0.1) is 22.7 Å². The van der Waals surface area contributed by atoms with E-state index in [9.17, 15) is 0 Å². The van der Waals surface area contributed by atoms with Crippen molar-refractivity contribution in [3.05, 3.63) is 108 Å². The number of H-pyrrole nitrogens is 2. The number of aromatic nitrogens is 2. The van der Waals surface area contributed by atoms with Crippen LogP contribution in [-0.4, -0.2) is 20.3 Å². The van der Waals surface area contributed by atoms with Gasteiger partial charge < -0.3 is 9.97 Å². The van der Waals surface area contributed by atoms with E-state index in [-0.39, 0.29) is 30.1 Å². The summed E-state index contributed by atoms with van der Waals surface area (Å²) in [7, 11) is 2.98. The van der Waals surface area contributed by atoms with Crippen molar-refractivity contribution in [1.29, 1.82) is 0 Å². The predicted molar refractivity (Wildman–Crippen MR) is 155 cm³/mol. The van der Waals surface area contributed by atoms with Gasteiger partial charge in [0, 0.05) is 29.9 Å². The average Bonchev–Trinajstić information content (AvgIpc) is 3.64. The van der Waals surface area contributed by atoms with Crippen LogP contribution in [0.3, 0.4) is 0 Å². The van der Waals surface area contributed by atoms with Gasteiger partial charge in [-0.25, -0.2) is 18.2 Å². The van der Waals surface area contributed by atoms with Crippen molar-refractivity contribution in [2.24, 2.45) is 0 Å². The summed E-state index contributed by atoms with van der Waals surface area (Å²) < 4.78 is 0. The van der Waals surface area contributed by atoms with Crippen LogP contribution in [0.1, 0.15) is 76.6 Å². The summed E-state index contributed by atoms with van der Waals surface area (Å²) in [5.74, 6) is 0. The van der Waals surface area contributed by atoms with E-state index in [1.807, 2.05) is 42.7 Å². The molecule has 1 atom stereocenters. The molecule has 0 saturated carbocycles. The Morgan fingerprint density at radius 2 is 1.34 bits per heavy atom. The first-order valence-corrected chi connectivity index (χ1v) is 14.5. The summed E-state index contributed by atoms with van der Waals surface area (Å²) in [5, 5.41) is 0.469. The molecule has 0 amide bonds. The fourth-order valence-electron chi connectivity index (χ4n) is 4.72. The summed E-state index contributed by atoms with van der Waals surface area (Å²) in [4.78, 5) is 6.53. The molecule has 2 aromatic heterocycles. The van der Waals surface area contributed by atoms with Crippen LogP contribution < -0.4 is 0 Å². The van der Waals surface area contributed by atoms with Gasteiger partial charge in [0.05, 0.1) is 0 Å². The fraction of sp³-hybridized carbons (Fsp3) is 0.400. The van der Waals surface area contributed by atoms with Gasteiger partial charge in [-0.1, -0.05) is 47.7 Å². The molecule has 0 radical (unpaired) electrons. The van der Waals surface area contributed by atoms with Crippen LogP contribution in [0, 0.1) is 0 Å². The summed E-state index contributed by atoms with van der Waals surface area (Å²) >= 11 is 0. The molecule has 0 aliphatic heterocycles. The molecule has 1 unspecified atom stereocenters. The van der Waals surface area contributed by atoms with Gasteiger partial charge in [-0.3, -0.25) is 0 Å². The molecule has 4 aromatic rings. The first-order valence-electron chi connectivity index (χ1n) is 12.4. The maximum absolute atomic E-state index is 3.27. The van der Waals surface area contributed by atoms with Crippen molar-refractivity contribution in [2.45, 2.75) is 76.0 Å². The molecule has 0 aliphatic rings. The minimum atomic E-state index is -0.244. The average molecular weight is 548 g/mol. The third-order valence-corrected chi connectivity index (χ3v) is 12.7. The van der Waals surface area contributed by atoms with E-state index in [0.29, 0.717) is 10.3 Å². The zero-order chi connectivity index (χ0) is 24.8. The van der Waals surface area contributed by atoms with Crippen LogP contribution in [0.5, 0.6) is 0 Å². The van der Waals surface area contributed by atoms with Crippen LogP contribution in [0.25, 0.3) is 0 Å². The van der Waals surface area contributed by atoms with Crippen LogP contribution >= 0.6 is 17.2 Å². The molecule has 0 aliphatic carbocycles. The van der Waals surface area contributed by atoms with Crippen molar-refractivity contribution in [3.63, 3.8) is 0 Å². The van der Waals surface area contributed by atoms with Gasteiger partial charge in [0.15, 0.2) is 0 Å². The molecular formula is C30H42FeN2P2. The first kappa shape index (κ1) is 29.9. The van der Waals surface area contributed by atoms with E-state index < -0.39 is 0 Å². The smallest absolute Gasteiger partial charge is 0.367 e. The molecule has 2 nitrogen and oxygen atoms in total. The van der Waals surface area contributed by atoms with E-state index in [4.69, 9.17) is 0 Å². The van der Waals surface area contributed by atoms with Crippen LogP contribution in [0.15, 0.2) is 85.5 Å². The Hall–Kier alpha value is -1.36. The molecule has 2 heterocycles. The van der Waals surface area contributed by atoms with Crippen LogP contribution in [0.4, 0.5) is 0 Å². The maximum Gasteiger partial charge on any atom is 2.00 e. The minimum Gasteiger partial charge on any atom is -0.367 e. The zero-order valence-corrected chi connectivity index (χ0v) is 25.2. The topological polar surface area (TPSA) is 31.6 Å². The molecule has 0 fully saturated rings. The number of nitrogens with one attached hydrogen (secondary N) is 2. The van der Waals surface area contributed by atoms with Crippen molar-refractivity contribution in [1.82, 2.24) is 9.97 Å². The number of rotatable bonds is 9. The molecule has 190 valence electrons. The van der Waals surface area contributed by atoms with Crippen LogP contribution in [-0.2, 0) is 28.4 Å². The SMILES string of the molecule is CCC(C)(C)P(Cc1cc[cH-]c1C(P)(c1cc[nH]c1)c1cc[nH]c1)C(C)(C)CC.[Fe+2].c1cc[cH-]c1. The zero-order valence-electron chi connectivity index (χ0n) is 22.1. The van der Waals surface area contributed by atoms with Gasteiger partial charge in [0.2, 0.25) is 0 Å². The molecule has 35 heavy (non-hydrogen) atoms. The summed E-state index contributed by atoms with van der Waals surface area (Å²) in [6.07, 6.45) is 11.9. The van der Waals surface area contributed by atoms with Crippen molar-refractivity contribution in [2.75, 3.05) is 0 Å². The molecule has 5 heteroatoms. The summed E-state index contributed by atoms with van der Waals surface area (Å²) in [6.45, 7) is 14.6. The summed E-state index contributed by atoms with van der Waals surface area (Å²) in [6, 6.07) is 21.3. The van der Waals surface area contributed by atoms with Crippen molar-refractivity contribution < 1.29 is 17.1 Å². The Labute approximate surface area is 227 Å². The van der Waals surface area contributed by atoms with Gasteiger partial charge in [-0.2, -0.15) is 35.9 Å². The van der Waals surface area contributed by atoms with Gasteiger partial charge in [0.25, 0.3) is 0 Å². The second-order valence-corrected chi connectivity index (χ2v) is 14.8. The quantitative estimate of drug-likeness (QED) is 0.119. The third-order valence-electron chi connectivity index (χ3n) is 7.51. The monoisotopic (exact) mass is 548 g/mol. The van der Waals surface area contributed by atoms with Gasteiger partial charge in [-0.05, 0) is 46.4 Å². The Kier molecular flexibility index (Phi) is 10.9. The second kappa shape index (κ2) is 12.7. The minimum absolute atomic E-state index is 0. The standard InChI is InChI=1S/C25H37N2P2.C5H5.Fe/c1-7-23(3,4)29(24(5,6)8-2)18-19-10-9-11-22(19)25(28,20-12-14-26-16-20)21-13-15-27-17-21;1-2-4-5-3-1;/h9-17,26-27H,7-8,18,28H2,1-6H3;1-5H;/q2*-1;+2. The predicted octanol–water partition coefficient (Wildman–Crippen LogP) is 8.99. The van der Waals surface area contributed by atoms with Gasteiger partial charge in [0.1, 0.15) is 0 Å². The molecule has 2 aromatic carbocycles. The summed E-state index contributed by atoms with van der Waals surface area (Å²) in [5.41, 5.74) is 5.47. The number of hydrogen-bond donors (Lipinski definition) is 2. The molecule has 0 saturated heterocycles. The van der Waals surface area contributed by atoms with Crippen molar-refractivity contribution >= 4 is 17.2 Å². The molecule has 0 bridgehead atoms. The van der Waals surface area contributed by atoms with E-state index in [1.165, 1.54) is 41.3 Å². The molecular weight excluding hydrogens is 506 g/mol. The molecule has 4 rings (SSSR count). The first-order chi connectivity index (χ1) is 16.2. The molecule has 0 spiro atoms. The van der Waals surface area contributed by atoms with Crippen molar-refractivity contribution in [3.8, 4) is 0 Å². The molecule has 2 N–H and O–H groups in total. The van der Waals surface area contributed by atoms with Crippen LogP contribution in [0.2, 0.25) is 0 Å². The Morgan fingerprint density at radius 1 is 0.829 bits per heavy atom. The third kappa shape index (κ3) is 6.70. The normalized spacial score (nSPS) is 12.2. The van der Waals surface area contributed by atoms with E-state index >= 15 is 0 Å². The largest absolute Gasteiger partial charge is 2.00 e. The number of hydrogen-bond acceptors (Lipinski definition) is 0. The van der Waals surface area contributed by atoms with E-state index in [2.05, 4.69) is 103 Å². The van der Waals surface area contributed by atoms with Gasteiger partial charge >= 0.3 is 17.1 Å². The Bertz CT molecular complexity index is 1010. The number of aromatic amines is 2.